The van der Waals surface area contributed by atoms with Crippen LogP contribution in [0.5, 0.6) is 0 Å². The summed E-state index contributed by atoms with van der Waals surface area (Å²) >= 11 is 0. The number of carboxylic acid groups (broad SMARTS) is 1. The highest BCUT2D eigenvalue weighted by Crippen LogP contribution is 2.10. The van der Waals surface area contributed by atoms with Crippen molar-refractivity contribution < 1.29 is 14.7 Å². The van der Waals surface area contributed by atoms with E-state index in [9.17, 15) is 14.4 Å². The number of carboxylic acids is 1. The van der Waals surface area contributed by atoms with Gasteiger partial charge in [-0.2, -0.15) is 0 Å². The summed E-state index contributed by atoms with van der Waals surface area (Å²) in [4.78, 5) is 37.6. The molecule has 2 aromatic heterocycles. The number of carbonyl (C=O) groups excluding carboxylic acids is 1. The molecule has 0 radical (unpaired) electrons. The molecule has 0 saturated carbocycles. The van der Waals surface area contributed by atoms with Crippen LogP contribution in [0.4, 0.5) is 0 Å². The van der Waals surface area contributed by atoms with Gasteiger partial charge >= 0.3 is 5.97 Å². The normalized spacial score (nSPS) is 10.5. The Labute approximate surface area is 102 Å². The number of fused-ring (bicyclic) bond motifs is 1. The van der Waals surface area contributed by atoms with E-state index in [0.29, 0.717) is 18.5 Å². The van der Waals surface area contributed by atoms with E-state index in [-0.39, 0.29) is 16.6 Å². The average Bonchev–Trinajstić information content (AvgIpc) is 2.38. The lowest BCUT2D eigenvalue weighted by Crippen LogP contribution is -2.19. The predicted octanol–water partition coefficient (Wildman–Crippen LogP) is 0.927. The zero-order chi connectivity index (χ0) is 13.3. The maximum atomic E-state index is 11.9. The van der Waals surface area contributed by atoms with Crippen molar-refractivity contribution >= 4 is 23.3 Å². The second-order valence-corrected chi connectivity index (χ2v) is 3.69. The molecule has 2 heterocycles. The molecule has 2 rings (SSSR count). The van der Waals surface area contributed by atoms with E-state index in [0.717, 1.165) is 0 Å². The summed E-state index contributed by atoms with van der Waals surface area (Å²) in [6.45, 7) is 2.25. The van der Waals surface area contributed by atoms with Crippen LogP contribution >= 0.6 is 0 Å². The van der Waals surface area contributed by atoms with Gasteiger partial charge in [0.25, 0.3) is 0 Å². The van der Waals surface area contributed by atoms with E-state index in [1.54, 1.807) is 6.92 Å². The van der Waals surface area contributed by atoms with Gasteiger partial charge in [-0.3, -0.25) is 9.59 Å². The molecule has 0 fully saturated rings. The molecule has 6 nitrogen and oxygen atoms in total. The number of hydrogen-bond acceptors (Lipinski definition) is 4. The number of hydrogen-bond donors (Lipinski definition) is 1. The third kappa shape index (κ3) is 1.77. The van der Waals surface area contributed by atoms with Crippen LogP contribution in [0, 0.1) is 0 Å². The molecule has 0 aliphatic carbocycles. The molecule has 1 N–H and O–H groups in total. The van der Waals surface area contributed by atoms with Crippen molar-refractivity contribution in [2.75, 3.05) is 0 Å². The Morgan fingerprint density at radius 2 is 2.22 bits per heavy atom. The first-order chi connectivity index (χ1) is 8.58. The number of aryl methyl sites for hydroxylation is 1. The number of pyridine rings is 2. The standard InChI is InChI=1S/C12H10N2O4/c1-2-14-5-9(12(17)18)10(16)8-4-3-7(6-15)13-11(8)14/h3-6H,2H2,1H3,(H,17,18). The molecule has 0 saturated heterocycles. The number of carbonyl (C=O) groups is 2. The van der Waals surface area contributed by atoms with Crippen LogP contribution in [0.15, 0.2) is 23.1 Å². The Kier molecular flexibility index (Phi) is 2.93. The van der Waals surface area contributed by atoms with Crippen molar-refractivity contribution in [3.63, 3.8) is 0 Å². The molecular weight excluding hydrogens is 236 g/mol. The SMILES string of the molecule is CCn1cc(C(=O)O)c(=O)c2ccc(C=O)nc21. The van der Waals surface area contributed by atoms with Crippen molar-refractivity contribution in [3.8, 4) is 0 Å². The Bertz CT molecular complexity index is 703. The number of aromatic nitrogens is 2. The molecular formula is C12H10N2O4. The molecule has 2 aromatic rings. The second kappa shape index (κ2) is 4.40. The van der Waals surface area contributed by atoms with Gasteiger partial charge in [-0.25, -0.2) is 9.78 Å². The van der Waals surface area contributed by atoms with Gasteiger partial charge in [0.05, 0.1) is 5.39 Å². The highest BCUT2D eigenvalue weighted by Gasteiger charge is 2.14. The second-order valence-electron chi connectivity index (χ2n) is 3.69. The molecule has 0 aromatic carbocycles. The number of aromatic carboxylic acids is 1. The van der Waals surface area contributed by atoms with E-state index >= 15 is 0 Å². The van der Waals surface area contributed by atoms with Crippen molar-refractivity contribution in [2.24, 2.45) is 0 Å². The zero-order valence-electron chi connectivity index (χ0n) is 9.58. The third-order valence-electron chi connectivity index (χ3n) is 2.63. The molecule has 0 bridgehead atoms. The van der Waals surface area contributed by atoms with Crippen LogP contribution in [0.25, 0.3) is 11.0 Å². The Hall–Kier alpha value is -2.50. The average molecular weight is 246 g/mol. The van der Waals surface area contributed by atoms with Gasteiger partial charge in [-0.1, -0.05) is 0 Å². The molecule has 0 spiro atoms. The molecule has 92 valence electrons. The number of rotatable bonds is 3. The lowest BCUT2D eigenvalue weighted by atomic mass is 10.2. The fraction of sp³-hybridized carbons (Fsp3) is 0.167. The third-order valence-corrected chi connectivity index (χ3v) is 2.63. The number of aldehydes is 1. The summed E-state index contributed by atoms with van der Waals surface area (Å²) in [5.74, 6) is -1.27. The quantitative estimate of drug-likeness (QED) is 0.813. The fourth-order valence-electron chi connectivity index (χ4n) is 1.74. The predicted molar refractivity (Wildman–Crippen MR) is 64.0 cm³/mol. The summed E-state index contributed by atoms with van der Waals surface area (Å²) in [5.41, 5.74) is -0.374. The Morgan fingerprint density at radius 1 is 1.50 bits per heavy atom. The molecule has 18 heavy (non-hydrogen) atoms. The monoisotopic (exact) mass is 246 g/mol. The minimum atomic E-state index is -1.27. The summed E-state index contributed by atoms with van der Waals surface area (Å²) < 4.78 is 1.53. The maximum Gasteiger partial charge on any atom is 0.341 e. The van der Waals surface area contributed by atoms with Crippen LogP contribution in [0.3, 0.4) is 0 Å². The molecule has 0 atom stereocenters. The highest BCUT2D eigenvalue weighted by atomic mass is 16.4. The summed E-state index contributed by atoms with van der Waals surface area (Å²) in [7, 11) is 0. The van der Waals surface area contributed by atoms with Gasteiger partial charge in [0.15, 0.2) is 6.29 Å². The van der Waals surface area contributed by atoms with Gasteiger partial charge in [0.1, 0.15) is 16.9 Å². The van der Waals surface area contributed by atoms with E-state index < -0.39 is 11.4 Å². The first-order valence-corrected chi connectivity index (χ1v) is 5.31. The minimum absolute atomic E-state index is 0.197. The van der Waals surface area contributed by atoms with Crippen LogP contribution < -0.4 is 5.43 Å². The lowest BCUT2D eigenvalue weighted by Gasteiger charge is -2.09. The van der Waals surface area contributed by atoms with Gasteiger partial charge in [-0.05, 0) is 19.1 Å². The van der Waals surface area contributed by atoms with E-state index in [2.05, 4.69) is 4.98 Å². The Morgan fingerprint density at radius 3 is 2.78 bits per heavy atom. The van der Waals surface area contributed by atoms with Crippen LogP contribution in [-0.2, 0) is 6.54 Å². The molecule has 0 amide bonds. The lowest BCUT2D eigenvalue weighted by molar-refractivity contribution is 0.0694. The van der Waals surface area contributed by atoms with Crippen molar-refractivity contribution in [3.05, 3.63) is 39.8 Å². The summed E-state index contributed by atoms with van der Waals surface area (Å²) in [6.07, 6.45) is 1.82. The minimum Gasteiger partial charge on any atom is -0.477 e. The van der Waals surface area contributed by atoms with Gasteiger partial charge < -0.3 is 9.67 Å². The van der Waals surface area contributed by atoms with Crippen molar-refractivity contribution in [1.29, 1.82) is 0 Å². The van der Waals surface area contributed by atoms with E-state index in [1.165, 1.54) is 22.9 Å². The van der Waals surface area contributed by atoms with Crippen LogP contribution in [-0.4, -0.2) is 26.9 Å². The van der Waals surface area contributed by atoms with E-state index in [1.807, 2.05) is 0 Å². The van der Waals surface area contributed by atoms with Crippen LogP contribution in [0.2, 0.25) is 0 Å². The number of nitrogens with zero attached hydrogens (tertiary/aromatic N) is 2. The maximum absolute atomic E-state index is 11.9. The molecule has 6 heteroatoms. The van der Waals surface area contributed by atoms with Gasteiger partial charge in [0.2, 0.25) is 5.43 Å². The first kappa shape index (κ1) is 12.0. The zero-order valence-corrected chi connectivity index (χ0v) is 9.58. The molecule has 0 aliphatic rings. The van der Waals surface area contributed by atoms with Crippen LogP contribution in [0.1, 0.15) is 27.8 Å². The summed E-state index contributed by atoms with van der Waals surface area (Å²) in [5, 5.41) is 9.15. The van der Waals surface area contributed by atoms with Gasteiger partial charge in [0, 0.05) is 12.7 Å². The largest absolute Gasteiger partial charge is 0.477 e. The highest BCUT2D eigenvalue weighted by molar-refractivity contribution is 5.92. The van der Waals surface area contributed by atoms with E-state index in [4.69, 9.17) is 5.11 Å². The van der Waals surface area contributed by atoms with Gasteiger partial charge in [-0.15, -0.1) is 0 Å². The first-order valence-electron chi connectivity index (χ1n) is 5.31. The molecule has 0 aliphatic heterocycles. The fourth-order valence-corrected chi connectivity index (χ4v) is 1.74. The smallest absolute Gasteiger partial charge is 0.341 e. The van der Waals surface area contributed by atoms with Crippen molar-refractivity contribution in [2.45, 2.75) is 13.5 Å². The summed E-state index contributed by atoms with van der Waals surface area (Å²) in [6, 6.07) is 2.81. The topological polar surface area (TPSA) is 89.3 Å². The Balaban J connectivity index is 2.93. The molecule has 0 unspecified atom stereocenters. The van der Waals surface area contributed by atoms with Crippen molar-refractivity contribution in [1.82, 2.24) is 9.55 Å².